The molecular weight excluding hydrogens is 298 g/mol. The number of fused-ring (bicyclic) bond motifs is 5. The van der Waals surface area contributed by atoms with Gasteiger partial charge in [0.2, 0.25) is 0 Å². The summed E-state index contributed by atoms with van der Waals surface area (Å²) in [6.45, 7) is 9.32. The molecule has 0 aromatic heterocycles. The van der Waals surface area contributed by atoms with E-state index in [-0.39, 0.29) is 10.8 Å². The number of oxime groups is 1. The Morgan fingerprint density at radius 3 is 2.50 bits per heavy atom. The summed E-state index contributed by atoms with van der Waals surface area (Å²) in [5, 5.41) is 23.7. The zero-order valence-corrected chi connectivity index (χ0v) is 15.7. The van der Waals surface area contributed by atoms with Crippen LogP contribution in [-0.2, 0) is 0 Å². The highest BCUT2D eigenvalue weighted by Gasteiger charge is 2.63. The van der Waals surface area contributed by atoms with E-state index in [1.807, 2.05) is 0 Å². The van der Waals surface area contributed by atoms with Crippen molar-refractivity contribution in [1.82, 2.24) is 0 Å². The van der Waals surface area contributed by atoms with Crippen molar-refractivity contribution in [1.29, 1.82) is 0 Å². The predicted molar refractivity (Wildman–Crippen MR) is 96.1 cm³/mol. The fourth-order valence-electron chi connectivity index (χ4n) is 7.24. The number of rotatable bonds is 0. The van der Waals surface area contributed by atoms with E-state index >= 15 is 0 Å². The minimum absolute atomic E-state index is 0.0897. The first-order valence-electron chi connectivity index (χ1n) is 9.87. The summed E-state index contributed by atoms with van der Waals surface area (Å²) in [5.74, 6) is 2.77. The Bertz CT molecular complexity index is 607. The Hall–Kier alpha value is -0.830. The van der Waals surface area contributed by atoms with Crippen LogP contribution in [0.1, 0.15) is 72.6 Å². The molecule has 24 heavy (non-hydrogen) atoms. The van der Waals surface area contributed by atoms with Gasteiger partial charge in [-0.2, -0.15) is 0 Å². The minimum atomic E-state index is -0.497. The smallest absolute Gasteiger partial charge is 0.0795 e. The molecule has 134 valence electrons. The molecule has 0 saturated heterocycles. The molecule has 3 nitrogen and oxygen atoms in total. The van der Waals surface area contributed by atoms with E-state index in [1.54, 1.807) is 0 Å². The van der Waals surface area contributed by atoms with Gasteiger partial charge in [0, 0.05) is 0 Å². The Balaban J connectivity index is 1.73. The number of aliphatic hydroxyl groups is 1. The van der Waals surface area contributed by atoms with Crippen LogP contribution in [-0.4, -0.2) is 21.6 Å². The Labute approximate surface area is 146 Å². The van der Waals surface area contributed by atoms with Crippen LogP contribution in [0.25, 0.3) is 0 Å². The van der Waals surface area contributed by atoms with Crippen molar-refractivity contribution in [2.45, 2.75) is 78.2 Å². The normalized spacial score (nSPS) is 55.5. The first-order valence-corrected chi connectivity index (χ1v) is 9.87. The third-order valence-electron chi connectivity index (χ3n) is 9.02. The molecule has 7 atom stereocenters. The zero-order valence-electron chi connectivity index (χ0n) is 15.7. The van der Waals surface area contributed by atoms with Crippen LogP contribution in [0.4, 0.5) is 0 Å². The van der Waals surface area contributed by atoms with Gasteiger partial charge in [-0.3, -0.25) is 0 Å². The molecule has 3 fully saturated rings. The Morgan fingerprint density at radius 2 is 1.79 bits per heavy atom. The first kappa shape index (κ1) is 16.6. The second kappa shape index (κ2) is 5.09. The van der Waals surface area contributed by atoms with Crippen LogP contribution in [0.2, 0.25) is 0 Å². The summed E-state index contributed by atoms with van der Waals surface area (Å²) in [6.07, 6.45) is 9.87. The largest absolute Gasteiger partial charge is 0.411 e. The molecule has 0 radical (unpaired) electrons. The number of allylic oxidation sites excluding steroid dienone is 2. The van der Waals surface area contributed by atoms with Gasteiger partial charge in [-0.1, -0.05) is 31.5 Å². The standard InChI is InChI=1S/C21H33NO2/c1-13-11-14-12-15(22-24)5-8-19(14,2)16-6-9-20(3)17(18(13)16)7-10-21(20,4)23/h12-13,16-18,23-24H,5-11H2,1-4H3/b22-15+/t13-,16+,17+,18-,19+,20+,21+/m1/s1. The van der Waals surface area contributed by atoms with Crippen LogP contribution in [0.15, 0.2) is 16.8 Å². The lowest BCUT2D eigenvalue weighted by Crippen LogP contribution is -2.56. The van der Waals surface area contributed by atoms with Crippen LogP contribution in [0.5, 0.6) is 0 Å². The fourth-order valence-corrected chi connectivity index (χ4v) is 7.24. The van der Waals surface area contributed by atoms with E-state index in [9.17, 15) is 10.3 Å². The molecule has 0 unspecified atom stereocenters. The molecule has 2 N–H and O–H groups in total. The monoisotopic (exact) mass is 331 g/mol. The average molecular weight is 332 g/mol. The molecule has 4 aliphatic rings. The zero-order chi connectivity index (χ0) is 17.3. The summed E-state index contributed by atoms with van der Waals surface area (Å²) >= 11 is 0. The second-order valence-electron chi connectivity index (χ2n) is 9.92. The summed E-state index contributed by atoms with van der Waals surface area (Å²) in [7, 11) is 0. The number of nitrogens with zero attached hydrogens (tertiary/aromatic N) is 1. The molecule has 0 spiro atoms. The lowest BCUT2D eigenvalue weighted by atomic mass is 9.44. The maximum Gasteiger partial charge on any atom is 0.0795 e. The van der Waals surface area contributed by atoms with Crippen LogP contribution in [0.3, 0.4) is 0 Å². The molecular formula is C21H33NO2. The van der Waals surface area contributed by atoms with Crippen molar-refractivity contribution in [2.24, 2.45) is 39.7 Å². The molecule has 0 bridgehead atoms. The van der Waals surface area contributed by atoms with Gasteiger partial charge in [0.05, 0.1) is 11.3 Å². The molecule has 0 aromatic carbocycles. The summed E-state index contributed by atoms with van der Waals surface area (Å²) in [5.41, 5.74) is 2.23. The summed E-state index contributed by atoms with van der Waals surface area (Å²) < 4.78 is 0. The van der Waals surface area contributed by atoms with E-state index < -0.39 is 5.60 Å². The van der Waals surface area contributed by atoms with Gasteiger partial charge in [-0.25, -0.2) is 0 Å². The van der Waals surface area contributed by atoms with Crippen LogP contribution >= 0.6 is 0 Å². The fraction of sp³-hybridized carbons (Fsp3) is 0.857. The molecule has 4 aliphatic carbocycles. The van der Waals surface area contributed by atoms with Gasteiger partial charge >= 0.3 is 0 Å². The highest BCUT2D eigenvalue weighted by atomic mass is 16.4. The van der Waals surface area contributed by atoms with Crippen molar-refractivity contribution >= 4 is 5.71 Å². The van der Waals surface area contributed by atoms with Gasteiger partial charge in [0.1, 0.15) is 0 Å². The summed E-state index contributed by atoms with van der Waals surface area (Å²) in [6, 6.07) is 0. The number of hydrogen-bond acceptors (Lipinski definition) is 3. The molecule has 0 aliphatic heterocycles. The Morgan fingerprint density at radius 1 is 1.08 bits per heavy atom. The second-order valence-corrected chi connectivity index (χ2v) is 9.92. The quantitative estimate of drug-likeness (QED) is 0.496. The highest BCUT2D eigenvalue weighted by Crippen LogP contribution is 2.68. The molecule has 3 saturated carbocycles. The third kappa shape index (κ3) is 1.97. The van der Waals surface area contributed by atoms with E-state index in [1.165, 1.54) is 18.4 Å². The summed E-state index contributed by atoms with van der Waals surface area (Å²) in [4.78, 5) is 0. The van der Waals surface area contributed by atoms with Gasteiger partial charge in [0.15, 0.2) is 0 Å². The first-order chi connectivity index (χ1) is 11.2. The van der Waals surface area contributed by atoms with Gasteiger partial charge in [0.25, 0.3) is 0 Å². The third-order valence-corrected chi connectivity index (χ3v) is 9.02. The van der Waals surface area contributed by atoms with Crippen LogP contribution in [0, 0.1) is 34.5 Å². The topological polar surface area (TPSA) is 52.8 Å². The Kier molecular flexibility index (Phi) is 3.53. The van der Waals surface area contributed by atoms with E-state index in [0.717, 1.165) is 49.7 Å². The highest BCUT2D eigenvalue weighted by molar-refractivity contribution is 5.96. The maximum atomic E-state index is 11.0. The SMILES string of the molecule is C[C@@H]1CC2=C/C(=N/O)CC[C@]2(C)[C@H]2CC[C@@]3(C)[C@@H](CC[C@]3(C)O)[C@H]12. The van der Waals surface area contributed by atoms with Gasteiger partial charge in [-0.05, 0) is 92.4 Å². The lowest BCUT2D eigenvalue weighted by molar-refractivity contribution is -0.128. The molecule has 0 amide bonds. The molecule has 0 heterocycles. The van der Waals surface area contributed by atoms with Gasteiger partial charge < -0.3 is 10.3 Å². The predicted octanol–water partition coefficient (Wildman–Crippen LogP) is 4.78. The number of hydrogen-bond donors (Lipinski definition) is 2. The van der Waals surface area contributed by atoms with Crippen molar-refractivity contribution in [3.63, 3.8) is 0 Å². The van der Waals surface area contributed by atoms with Crippen molar-refractivity contribution in [2.75, 3.05) is 0 Å². The van der Waals surface area contributed by atoms with E-state index in [0.29, 0.717) is 11.8 Å². The van der Waals surface area contributed by atoms with Crippen molar-refractivity contribution in [3.8, 4) is 0 Å². The van der Waals surface area contributed by atoms with Gasteiger partial charge in [-0.15, -0.1) is 0 Å². The molecule has 4 rings (SSSR count). The minimum Gasteiger partial charge on any atom is -0.411 e. The van der Waals surface area contributed by atoms with E-state index in [2.05, 4.69) is 38.9 Å². The van der Waals surface area contributed by atoms with E-state index in [4.69, 9.17) is 0 Å². The average Bonchev–Trinajstić information content (AvgIpc) is 2.78. The molecule has 0 aromatic rings. The van der Waals surface area contributed by atoms with Crippen molar-refractivity contribution < 1.29 is 10.3 Å². The molecule has 3 heteroatoms. The lowest BCUT2D eigenvalue weighted by Gasteiger charge is -2.60. The maximum absolute atomic E-state index is 11.0. The van der Waals surface area contributed by atoms with Crippen molar-refractivity contribution in [3.05, 3.63) is 11.6 Å². The van der Waals surface area contributed by atoms with Crippen LogP contribution < -0.4 is 0 Å².